The molecule has 6 nitrogen and oxygen atoms in total. The number of aryl methyl sites for hydroxylation is 2. The molecule has 6 heteroatoms. The average Bonchev–Trinajstić information content (AvgIpc) is 3.02. The number of benzene rings is 2. The minimum atomic E-state index is -0.881. The lowest BCUT2D eigenvalue weighted by Gasteiger charge is -2.19. The van der Waals surface area contributed by atoms with E-state index in [0.29, 0.717) is 18.5 Å². The molecule has 0 saturated heterocycles. The molecule has 0 saturated carbocycles. The lowest BCUT2D eigenvalue weighted by Crippen LogP contribution is -2.29. The minimum Gasteiger partial charge on any atom is -0.481 e. The molecular formula is C23H25N3O3. The molecule has 2 N–H and O–H groups in total. The summed E-state index contributed by atoms with van der Waals surface area (Å²) >= 11 is 0. The highest BCUT2D eigenvalue weighted by Gasteiger charge is 2.17. The van der Waals surface area contributed by atoms with Crippen molar-refractivity contribution in [2.24, 2.45) is 0 Å². The molecule has 1 atom stereocenters. The lowest BCUT2D eigenvalue weighted by atomic mass is 10.0. The molecule has 1 heterocycles. The number of hydrogen-bond donors (Lipinski definition) is 2. The van der Waals surface area contributed by atoms with Crippen molar-refractivity contribution in [2.75, 3.05) is 0 Å². The Morgan fingerprint density at radius 1 is 1.07 bits per heavy atom. The zero-order valence-corrected chi connectivity index (χ0v) is 16.6. The molecule has 0 bridgehead atoms. The number of carbonyl (C=O) groups is 2. The molecule has 3 rings (SSSR count). The second kappa shape index (κ2) is 9.19. The van der Waals surface area contributed by atoms with Gasteiger partial charge in [-0.15, -0.1) is 0 Å². The quantitative estimate of drug-likeness (QED) is 0.610. The molecule has 0 spiro atoms. The van der Waals surface area contributed by atoms with E-state index in [1.165, 1.54) is 0 Å². The normalized spacial score (nSPS) is 11.8. The summed E-state index contributed by atoms with van der Waals surface area (Å²) in [5.74, 6) is -1.10. The summed E-state index contributed by atoms with van der Waals surface area (Å²) in [5, 5.41) is 16.4. The minimum absolute atomic E-state index is 0.0125. The molecule has 0 aliphatic heterocycles. The fraction of sp³-hybridized carbons (Fsp3) is 0.261. The van der Waals surface area contributed by atoms with Crippen LogP contribution in [0.15, 0.2) is 60.7 Å². The Kier molecular flexibility index (Phi) is 6.44. The second-order valence-corrected chi connectivity index (χ2v) is 7.15. The molecule has 3 aromatic rings. The summed E-state index contributed by atoms with van der Waals surface area (Å²) < 4.78 is 1.93. The second-order valence-electron chi connectivity index (χ2n) is 7.15. The molecule has 2 aromatic carbocycles. The van der Waals surface area contributed by atoms with Gasteiger partial charge in [0.05, 0.1) is 18.3 Å². The Bertz CT molecular complexity index is 978. The number of rotatable bonds is 8. The van der Waals surface area contributed by atoms with Crippen LogP contribution in [0.25, 0.3) is 0 Å². The monoisotopic (exact) mass is 391 g/mol. The van der Waals surface area contributed by atoms with Gasteiger partial charge in [0, 0.05) is 17.7 Å². The van der Waals surface area contributed by atoms with Crippen molar-refractivity contribution in [3.63, 3.8) is 0 Å². The van der Waals surface area contributed by atoms with Crippen LogP contribution >= 0.6 is 0 Å². The molecule has 1 amide bonds. The largest absolute Gasteiger partial charge is 0.481 e. The van der Waals surface area contributed by atoms with Gasteiger partial charge in [-0.05, 0) is 49.6 Å². The molecular weight excluding hydrogens is 366 g/mol. The summed E-state index contributed by atoms with van der Waals surface area (Å²) in [6.45, 7) is 4.62. The van der Waals surface area contributed by atoms with Gasteiger partial charge < -0.3 is 10.4 Å². The van der Waals surface area contributed by atoms with E-state index in [-0.39, 0.29) is 18.4 Å². The average molecular weight is 391 g/mol. The van der Waals surface area contributed by atoms with Crippen LogP contribution in [0.4, 0.5) is 0 Å². The highest BCUT2D eigenvalue weighted by atomic mass is 16.4. The van der Waals surface area contributed by atoms with Crippen molar-refractivity contribution in [1.82, 2.24) is 15.1 Å². The maximum atomic E-state index is 12.7. The number of nitrogens with zero attached hydrogens (tertiary/aromatic N) is 2. The van der Waals surface area contributed by atoms with E-state index in [4.69, 9.17) is 5.11 Å². The SMILES string of the molecule is Cc1cc(C)n(Cc2ccc(C(=O)NC(CCC(=O)O)c3ccccc3)cc2)n1. The number of nitrogens with one attached hydrogen (secondary N) is 1. The molecule has 0 aliphatic rings. The van der Waals surface area contributed by atoms with Gasteiger partial charge >= 0.3 is 5.97 Å². The van der Waals surface area contributed by atoms with Gasteiger partial charge in [0.25, 0.3) is 5.91 Å². The Morgan fingerprint density at radius 2 is 1.76 bits per heavy atom. The van der Waals surface area contributed by atoms with Crippen molar-refractivity contribution >= 4 is 11.9 Å². The molecule has 1 aromatic heterocycles. The predicted molar refractivity (Wildman–Crippen MR) is 111 cm³/mol. The van der Waals surface area contributed by atoms with E-state index in [1.54, 1.807) is 12.1 Å². The van der Waals surface area contributed by atoms with Crippen molar-refractivity contribution in [1.29, 1.82) is 0 Å². The first kappa shape index (κ1) is 20.3. The lowest BCUT2D eigenvalue weighted by molar-refractivity contribution is -0.137. The number of amides is 1. The maximum absolute atomic E-state index is 12.7. The summed E-state index contributed by atoms with van der Waals surface area (Å²) in [7, 11) is 0. The smallest absolute Gasteiger partial charge is 0.303 e. The molecule has 0 aliphatic carbocycles. The van der Waals surface area contributed by atoms with Crippen LogP contribution in [0.1, 0.15) is 51.8 Å². The first-order valence-corrected chi connectivity index (χ1v) is 9.60. The first-order chi connectivity index (χ1) is 13.9. The van der Waals surface area contributed by atoms with Crippen LogP contribution in [0.2, 0.25) is 0 Å². The molecule has 29 heavy (non-hydrogen) atoms. The third-order valence-corrected chi connectivity index (χ3v) is 4.81. The van der Waals surface area contributed by atoms with Crippen molar-refractivity contribution < 1.29 is 14.7 Å². The fourth-order valence-corrected chi connectivity index (χ4v) is 3.29. The predicted octanol–water partition coefficient (Wildman–Crippen LogP) is 3.88. The van der Waals surface area contributed by atoms with Gasteiger partial charge in [0.15, 0.2) is 0 Å². The zero-order chi connectivity index (χ0) is 20.8. The van der Waals surface area contributed by atoms with Crippen LogP contribution < -0.4 is 5.32 Å². The molecule has 150 valence electrons. The van der Waals surface area contributed by atoms with Gasteiger partial charge in [-0.3, -0.25) is 14.3 Å². The summed E-state index contributed by atoms with van der Waals surface area (Å²) in [6.07, 6.45) is 0.322. The van der Waals surface area contributed by atoms with E-state index in [2.05, 4.69) is 10.4 Å². The zero-order valence-electron chi connectivity index (χ0n) is 16.6. The number of aromatic nitrogens is 2. The van der Waals surface area contributed by atoms with Gasteiger partial charge in [-0.2, -0.15) is 5.10 Å². The number of carbonyl (C=O) groups excluding carboxylic acids is 1. The van der Waals surface area contributed by atoms with Crippen molar-refractivity contribution in [3.05, 3.63) is 88.7 Å². The van der Waals surface area contributed by atoms with Crippen LogP contribution in [0.3, 0.4) is 0 Å². The van der Waals surface area contributed by atoms with Crippen LogP contribution in [-0.4, -0.2) is 26.8 Å². The highest BCUT2D eigenvalue weighted by Crippen LogP contribution is 2.19. The van der Waals surface area contributed by atoms with E-state index < -0.39 is 5.97 Å². The Labute approximate surface area is 170 Å². The fourth-order valence-electron chi connectivity index (χ4n) is 3.29. The van der Waals surface area contributed by atoms with E-state index in [0.717, 1.165) is 22.5 Å². The first-order valence-electron chi connectivity index (χ1n) is 9.60. The topological polar surface area (TPSA) is 84.2 Å². The van der Waals surface area contributed by atoms with Crippen molar-refractivity contribution in [2.45, 2.75) is 39.3 Å². The molecule has 0 radical (unpaired) electrons. The number of aliphatic carboxylic acids is 1. The standard InChI is InChI=1S/C23H25N3O3/c1-16-14-17(2)26(25-16)15-18-8-10-20(11-9-18)23(29)24-21(12-13-22(27)28)19-6-4-3-5-7-19/h3-11,14,21H,12-13,15H2,1-2H3,(H,24,29)(H,27,28). The Morgan fingerprint density at radius 3 is 2.34 bits per heavy atom. The third-order valence-electron chi connectivity index (χ3n) is 4.81. The Balaban J connectivity index is 1.69. The molecule has 0 fully saturated rings. The highest BCUT2D eigenvalue weighted by molar-refractivity contribution is 5.94. The maximum Gasteiger partial charge on any atom is 0.303 e. The van der Waals surface area contributed by atoms with Gasteiger partial charge in [-0.25, -0.2) is 0 Å². The van der Waals surface area contributed by atoms with E-state index in [9.17, 15) is 9.59 Å². The number of carboxylic acid groups (broad SMARTS) is 1. The Hall–Kier alpha value is -3.41. The number of hydrogen-bond acceptors (Lipinski definition) is 3. The summed E-state index contributed by atoms with van der Waals surface area (Å²) in [5.41, 5.74) is 4.56. The van der Waals surface area contributed by atoms with E-state index >= 15 is 0 Å². The van der Waals surface area contributed by atoms with Crippen LogP contribution in [0, 0.1) is 13.8 Å². The van der Waals surface area contributed by atoms with Crippen LogP contribution in [-0.2, 0) is 11.3 Å². The summed E-state index contributed by atoms with van der Waals surface area (Å²) in [4.78, 5) is 23.7. The number of carboxylic acids is 1. The van der Waals surface area contributed by atoms with Crippen LogP contribution in [0.5, 0.6) is 0 Å². The summed E-state index contributed by atoms with van der Waals surface area (Å²) in [6, 6.07) is 18.5. The van der Waals surface area contributed by atoms with E-state index in [1.807, 2.05) is 67.1 Å². The third kappa shape index (κ3) is 5.54. The van der Waals surface area contributed by atoms with Gasteiger partial charge in [-0.1, -0.05) is 42.5 Å². The molecule has 1 unspecified atom stereocenters. The van der Waals surface area contributed by atoms with Gasteiger partial charge in [0.2, 0.25) is 0 Å². The van der Waals surface area contributed by atoms with Gasteiger partial charge in [0.1, 0.15) is 0 Å². The van der Waals surface area contributed by atoms with Crippen molar-refractivity contribution in [3.8, 4) is 0 Å².